The summed E-state index contributed by atoms with van der Waals surface area (Å²) in [5.74, 6) is 0.770. The van der Waals surface area contributed by atoms with Crippen LogP contribution < -0.4 is 5.32 Å². The number of hydrogen-bond acceptors (Lipinski definition) is 4. The topological polar surface area (TPSA) is 69.7 Å². The van der Waals surface area contributed by atoms with Crippen molar-refractivity contribution in [3.05, 3.63) is 29.3 Å². The second-order valence-corrected chi connectivity index (χ2v) is 9.90. The molecule has 7 heteroatoms. The zero-order valence-electron chi connectivity index (χ0n) is 15.8. The Bertz CT molecular complexity index is 795. The first-order valence-corrected chi connectivity index (χ1v) is 11.6. The van der Waals surface area contributed by atoms with Gasteiger partial charge in [-0.3, -0.25) is 4.79 Å². The van der Waals surface area contributed by atoms with Gasteiger partial charge in [0.1, 0.15) is 0 Å². The van der Waals surface area contributed by atoms with Crippen LogP contribution in [0.4, 0.5) is 0 Å². The first-order chi connectivity index (χ1) is 13.0. The summed E-state index contributed by atoms with van der Waals surface area (Å²) in [6, 6.07) is 5.56. The Morgan fingerprint density at radius 2 is 1.89 bits per heavy atom. The second-order valence-electron chi connectivity index (χ2n) is 7.97. The van der Waals surface area contributed by atoms with Gasteiger partial charge in [0.15, 0.2) is 0 Å². The Balaban J connectivity index is 1.33. The van der Waals surface area contributed by atoms with Gasteiger partial charge in [-0.15, -0.1) is 0 Å². The molecule has 1 atom stereocenters. The molecule has 0 radical (unpaired) electrons. The molecule has 1 aliphatic carbocycles. The molecule has 0 spiro atoms. The summed E-state index contributed by atoms with van der Waals surface area (Å²) in [6.07, 6.45) is 5.78. The minimum absolute atomic E-state index is 0.163. The number of nitrogens with zero attached hydrogens (tertiary/aromatic N) is 2. The van der Waals surface area contributed by atoms with E-state index in [4.69, 9.17) is 0 Å². The third kappa shape index (κ3) is 4.05. The number of amides is 1. The Morgan fingerprint density at radius 3 is 2.63 bits per heavy atom. The number of benzene rings is 1. The van der Waals surface area contributed by atoms with Gasteiger partial charge in [-0.1, -0.05) is 6.07 Å². The molecule has 1 unspecified atom stereocenters. The molecule has 2 aliphatic heterocycles. The van der Waals surface area contributed by atoms with Gasteiger partial charge in [-0.05, 0) is 74.4 Å². The van der Waals surface area contributed by atoms with Crippen LogP contribution in [0.25, 0.3) is 0 Å². The van der Waals surface area contributed by atoms with Crippen LogP contribution in [0.3, 0.4) is 0 Å². The van der Waals surface area contributed by atoms with Crippen molar-refractivity contribution in [2.45, 2.75) is 43.4 Å². The molecular formula is C20H29N3O3S. The Morgan fingerprint density at radius 1 is 1.11 bits per heavy atom. The SMILES string of the molecule is O=C(CCC1CCNC1)N1CCN(S(=O)(=O)c2ccc3c(c2)CCC3)CC1. The molecule has 148 valence electrons. The number of rotatable bonds is 5. The van der Waals surface area contributed by atoms with E-state index in [1.165, 1.54) is 15.4 Å². The maximum atomic E-state index is 13.0. The van der Waals surface area contributed by atoms with E-state index in [9.17, 15) is 13.2 Å². The fourth-order valence-electron chi connectivity index (χ4n) is 4.48. The normalized spacial score (nSPS) is 23.6. The third-order valence-electron chi connectivity index (χ3n) is 6.23. The molecule has 0 saturated carbocycles. The van der Waals surface area contributed by atoms with Crippen LogP contribution in [-0.4, -0.2) is 62.8 Å². The second kappa shape index (κ2) is 7.89. The maximum Gasteiger partial charge on any atom is 0.243 e. The van der Waals surface area contributed by atoms with Crippen molar-refractivity contribution < 1.29 is 13.2 Å². The molecule has 1 amide bonds. The summed E-state index contributed by atoms with van der Waals surface area (Å²) < 4.78 is 27.5. The summed E-state index contributed by atoms with van der Waals surface area (Å²) in [6.45, 7) is 3.82. The lowest BCUT2D eigenvalue weighted by Gasteiger charge is -2.34. The standard InChI is InChI=1S/C20H29N3O3S/c24-20(7-4-16-8-9-21-15-16)22-10-12-23(13-11-22)27(25,26)19-6-5-17-2-1-3-18(17)14-19/h5-6,14,16,21H,1-4,7-13,15H2. The van der Waals surface area contributed by atoms with E-state index >= 15 is 0 Å². The molecule has 3 aliphatic rings. The summed E-state index contributed by atoms with van der Waals surface area (Å²) in [5, 5.41) is 3.33. The number of fused-ring (bicyclic) bond motifs is 1. The highest BCUT2D eigenvalue weighted by Gasteiger charge is 2.31. The third-order valence-corrected chi connectivity index (χ3v) is 8.12. The van der Waals surface area contributed by atoms with E-state index in [1.807, 2.05) is 17.0 Å². The van der Waals surface area contributed by atoms with Crippen molar-refractivity contribution in [3.63, 3.8) is 0 Å². The van der Waals surface area contributed by atoms with E-state index in [0.29, 0.717) is 43.4 Å². The lowest BCUT2D eigenvalue weighted by atomic mass is 10.0. The molecule has 2 saturated heterocycles. The smallest absolute Gasteiger partial charge is 0.243 e. The highest BCUT2D eigenvalue weighted by molar-refractivity contribution is 7.89. The average molecular weight is 392 g/mol. The Labute approximate surface area is 162 Å². The predicted molar refractivity (Wildman–Crippen MR) is 104 cm³/mol. The van der Waals surface area contributed by atoms with Gasteiger partial charge in [0, 0.05) is 32.6 Å². The van der Waals surface area contributed by atoms with E-state index in [-0.39, 0.29) is 5.91 Å². The van der Waals surface area contributed by atoms with Gasteiger partial charge < -0.3 is 10.2 Å². The molecule has 1 N–H and O–H groups in total. The number of aryl methyl sites for hydroxylation is 2. The number of carbonyl (C=O) groups is 1. The molecular weight excluding hydrogens is 362 g/mol. The van der Waals surface area contributed by atoms with Crippen LogP contribution in [-0.2, 0) is 27.7 Å². The monoisotopic (exact) mass is 391 g/mol. The van der Waals surface area contributed by atoms with Crippen LogP contribution in [0.5, 0.6) is 0 Å². The molecule has 2 heterocycles. The van der Waals surface area contributed by atoms with E-state index in [1.54, 1.807) is 6.07 Å². The zero-order chi connectivity index (χ0) is 18.9. The van der Waals surface area contributed by atoms with Crippen molar-refractivity contribution in [1.82, 2.24) is 14.5 Å². The first-order valence-electron chi connectivity index (χ1n) is 10.1. The molecule has 6 nitrogen and oxygen atoms in total. The van der Waals surface area contributed by atoms with Gasteiger partial charge in [-0.2, -0.15) is 4.31 Å². The van der Waals surface area contributed by atoms with Crippen LogP contribution in [0, 0.1) is 5.92 Å². The van der Waals surface area contributed by atoms with E-state index in [2.05, 4.69) is 5.32 Å². The molecule has 1 aromatic carbocycles. The number of hydrogen-bond donors (Lipinski definition) is 1. The van der Waals surface area contributed by atoms with Gasteiger partial charge in [0.25, 0.3) is 0 Å². The fourth-order valence-corrected chi connectivity index (χ4v) is 5.96. The summed E-state index contributed by atoms with van der Waals surface area (Å²) in [7, 11) is -3.47. The number of carbonyl (C=O) groups excluding carboxylic acids is 1. The molecule has 2 fully saturated rings. The minimum Gasteiger partial charge on any atom is -0.340 e. The van der Waals surface area contributed by atoms with Gasteiger partial charge in [0.05, 0.1) is 4.90 Å². The highest BCUT2D eigenvalue weighted by atomic mass is 32.2. The highest BCUT2D eigenvalue weighted by Crippen LogP contribution is 2.27. The van der Waals surface area contributed by atoms with Gasteiger partial charge >= 0.3 is 0 Å². The van der Waals surface area contributed by atoms with Crippen molar-refractivity contribution in [3.8, 4) is 0 Å². The fraction of sp³-hybridized carbons (Fsp3) is 0.650. The molecule has 27 heavy (non-hydrogen) atoms. The maximum absolute atomic E-state index is 13.0. The summed E-state index contributed by atoms with van der Waals surface area (Å²) >= 11 is 0. The number of nitrogens with one attached hydrogen (secondary N) is 1. The predicted octanol–water partition coefficient (Wildman–Crippen LogP) is 1.40. The lowest BCUT2D eigenvalue weighted by molar-refractivity contribution is -0.132. The molecule has 0 aromatic heterocycles. The van der Waals surface area contributed by atoms with E-state index in [0.717, 1.165) is 45.2 Å². The number of sulfonamides is 1. The summed E-state index contributed by atoms with van der Waals surface area (Å²) in [4.78, 5) is 14.7. The Hall–Kier alpha value is -1.44. The molecule has 0 bridgehead atoms. The van der Waals surface area contributed by atoms with Crippen molar-refractivity contribution in [2.24, 2.45) is 5.92 Å². The van der Waals surface area contributed by atoms with Gasteiger partial charge in [0.2, 0.25) is 15.9 Å². The zero-order valence-corrected chi connectivity index (χ0v) is 16.6. The van der Waals surface area contributed by atoms with E-state index < -0.39 is 10.0 Å². The van der Waals surface area contributed by atoms with Crippen molar-refractivity contribution >= 4 is 15.9 Å². The Kier molecular flexibility index (Phi) is 5.53. The van der Waals surface area contributed by atoms with Crippen LogP contribution in [0.2, 0.25) is 0 Å². The van der Waals surface area contributed by atoms with Crippen molar-refractivity contribution in [1.29, 1.82) is 0 Å². The quantitative estimate of drug-likeness (QED) is 0.824. The van der Waals surface area contributed by atoms with Crippen molar-refractivity contribution in [2.75, 3.05) is 39.3 Å². The average Bonchev–Trinajstić information content (AvgIpc) is 3.37. The van der Waals surface area contributed by atoms with Crippen LogP contribution >= 0.6 is 0 Å². The largest absolute Gasteiger partial charge is 0.340 e. The van der Waals surface area contributed by atoms with Gasteiger partial charge in [-0.25, -0.2) is 8.42 Å². The molecule has 4 rings (SSSR count). The molecule has 1 aromatic rings. The first kappa shape index (κ1) is 18.9. The minimum atomic E-state index is -3.47. The lowest BCUT2D eigenvalue weighted by Crippen LogP contribution is -2.50. The van der Waals surface area contributed by atoms with Crippen LogP contribution in [0.15, 0.2) is 23.1 Å². The number of piperazine rings is 1. The van der Waals surface area contributed by atoms with Crippen LogP contribution in [0.1, 0.15) is 36.8 Å². The summed E-state index contributed by atoms with van der Waals surface area (Å²) in [5.41, 5.74) is 2.45.